The van der Waals surface area contributed by atoms with E-state index in [1.165, 1.54) is 4.90 Å². The summed E-state index contributed by atoms with van der Waals surface area (Å²) in [6, 6.07) is 11.1. The molecule has 1 saturated heterocycles. The molecule has 1 unspecified atom stereocenters. The monoisotopic (exact) mass is 297 g/mol. The van der Waals surface area contributed by atoms with Crippen LogP contribution in [0.25, 0.3) is 10.8 Å². The van der Waals surface area contributed by atoms with Gasteiger partial charge in [-0.15, -0.1) is 0 Å². The smallest absolute Gasteiger partial charge is 0.410 e. The molecule has 3 rings (SSSR count). The molecule has 1 aromatic heterocycles. The molecule has 1 atom stereocenters. The normalized spacial score (nSPS) is 20.8. The number of nitriles is 1. The molecule has 1 aliphatic rings. The van der Waals surface area contributed by atoms with Gasteiger partial charge in [0, 0.05) is 18.4 Å². The average molecular weight is 297 g/mol. The second-order valence-electron chi connectivity index (χ2n) is 5.46. The highest BCUT2D eigenvalue weighted by Crippen LogP contribution is 2.34. The Morgan fingerprint density at radius 1 is 1.50 bits per heavy atom. The maximum atomic E-state index is 11.4. The zero-order valence-electron chi connectivity index (χ0n) is 12.1. The lowest BCUT2D eigenvalue weighted by atomic mass is 10.1. The Hall–Kier alpha value is -2.81. The maximum absolute atomic E-state index is 11.4. The van der Waals surface area contributed by atoms with Crippen molar-refractivity contribution in [2.75, 3.05) is 6.54 Å². The van der Waals surface area contributed by atoms with Gasteiger partial charge < -0.3 is 9.84 Å². The molecule has 1 aromatic carbocycles. The van der Waals surface area contributed by atoms with E-state index in [0.717, 1.165) is 17.2 Å². The Labute approximate surface area is 127 Å². The largest absolute Gasteiger partial charge is 0.465 e. The first kappa shape index (κ1) is 14.1. The third-order valence-electron chi connectivity index (χ3n) is 3.96. The van der Waals surface area contributed by atoms with Gasteiger partial charge in [0.25, 0.3) is 0 Å². The second-order valence-corrected chi connectivity index (χ2v) is 5.46. The van der Waals surface area contributed by atoms with E-state index in [-0.39, 0.29) is 5.69 Å². The molecule has 1 fully saturated rings. The number of ether oxygens (including phenoxy) is 1. The highest BCUT2D eigenvalue weighted by Gasteiger charge is 2.42. The van der Waals surface area contributed by atoms with E-state index in [1.807, 2.05) is 30.3 Å². The van der Waals surface area contributed by atoms with Gasteiger partial charge in [-0.3, -0.25) is 4.90 Å². The molecule has 0 spiro atoms. The first-order chi connectivity index (χ1) is 10.5. The van der Waals surface area contributed by atoms with Gasteiger partial charge in [-0.25, -0.2) is 9.78 Å². The number of pyridine rings is 1. The summed E-state index contributed by atoms with van der Waals surface area (Å²) in [5.74, 6) is 0.297. The van der Waals surface area contributed by atoms with Crippen LogP contribution in [0.15, 0.2) is 30.3 Å². The summed E-state index contributed by atoms with van der Waals surface area (Å²) in [6.07, 6.45) is 0.311. The summed E-state index contributed by atoms with van der Waals surface area (Å²) in [5, 5.41) is 20.0. The van der Waals surface area contributed by atoms with Crippen molar-refractivity contribution in [2.24, 2.45) is 0 Å². The number of benzene rings is 1. The highest BCUT2D eigenvalue weighted by molar-refractivity contribution is 5.87. The zero-order valence-corrected chi connectivity index (χ0v) is 12.1. The molecular formula is C16H15N3O3. The second kappa shape index (κ2) is 5.19. The Balaban J connectivity index is 2.07. The molecule has 0 bridgehead atoms. The third-order valence-corrected chi connectivity index (χ3v) is 3.96. The zero-order chi connectivity index (χ0) is 15.7. The quantitative estimate of drug-likeness (QED) is 0.920. The lowest BCUT2D eigenvalue weighted by molar-refractivity contribution is -0.0292. The third kappa shape index (κ3) is 2.31. The summed E-state index contributed by atoms with van der Waals surface area (Å²) in [5.41, 5.74) is -0.715. The summed E-state index contributed by atoms with van der Waals surface area (Å²) < 4.78 is 5.98. The predicted octanol–water partition coefficient (Wildman–Crippen LogP) is 2.98. The van der Waals surface area contributed by atoms with Gasteiger partial charge in [0.1, 0.15) is 11.8 Å². The Kier molecular flexibility index (Phi) is 3.33. The van der Waals surface area contributed by atoms with Crippen molar-refractivity contribution in [3.05, 3.63) is 36.0 Å². The van der Waals surface area contributed by atoms with E-state index < -0.39 is 11.8 Å². The molecule has 112 valence electrons. The number of hydrogen-bond acceptors (Lipinski definition) is 4. The van der Waals surface area contributed by atoms with Crippen LogP contribution in [0.1, 0.15) is 25.5 Å². The molecule has 1 aliphatic heterocycles. The van der Waals surface area contributed by atoms with Gasteiger partial charge in [-0.05, 0) is 30.9 Å². The molecule has 0 radical (unpaired) electrons. The number of hydrogen-bond donors (Lipinski definition) is 1. The van der Waals surface area contributed by atoms with Gasteiger partial charge in [0.05, 0.1) is 0 Å². The van der Waals surface area contributed by atoms with Crippen molar-refractivity contribution in [3.63, 3.8) is 0 Å². The number of carboxylic acid groups (broad SMARTS) is 1. The molecule has 6 heteroatoms. The SMILES string of the molecule is CC1(Oc2nc(C#N)cc3ccccc23)CCCN1C(=O)O. The van der Waals surface area contributed by atoms with Crippen LogP contribution in [-0.2, 0) is 0 Å². The van der Waals surface area contributed by atoms with Crippen molar-refractivity contribution in [1.29, 1.82) is 5.26 Å². The topological polar surface area (TPSA) is 86.5 Å². The fourth-order valence-corrected chi connectivity index (χ4v) is 2.85. The van der Waals surface area contributed by atoms with Gasteiger partial charge in [-0.1, -0.05) is 18.2 Å². The number of amides is 1. The first-order valence-corrected chi connectivity index (χ1v) is 7.03. The van der Waals surface area contributed by atoms with E-state index in [9.17, 15) is 9.90 Å². The molecule has 0 saturated carbocycles. The van der Waals surface area contributed by atoms with Crippen molar-refractivity contribution >= 4 is 16.9 Å². The maximum Gasteiger partial charge on any atom is 0.410 e. The lowest BCUT2D eigenvalue weighted by Gasteiger charge is -2.33. The van der Waals surface area contributed by atoms with Crippen LogP contribution in [0.4, 0.5) is 4.79 Å². The summed E-state index contributed by atoms with van der Waals surface area (Å²) in [4.78, 5) is 16.9. The fraction of sp³-hybridized carbons (Fsp3) is 0.312. The number of fused-ring (bicyclic) bond motifs is 1. The Morgan fingerprint density at radius 3 is 3.00 bits per heavy atom. The molecule has 2 heterocycles. The summed E-state index contributed by atoms with van der Waals surface area (Å²) in [6.45, 7) is 2.17. The van der Waals surface area contributed by atoms with E-state index in [0.29, 0.717) is 18.8 Å². The van der Waals surface area contributed by atoms with E-state index in [2.05, 4.69) is 4.98 Å². The predicted molar refractivity (Wildman–Crippen MR) is 79.5 cm³/mol. The molecule has 22 heavy (non-hydrogen) atoms. The fourth-order valence-electron chi connectivity index (χ4n) is 2.85. The summed E-state index contributed by atoms with van der Waals surface area (Å²) >= 11 is 0. The average Bonchev–Trinajstić information content (AvgIpc) is 2.88. The van der Waals surface area contributed by atoms with Crippen LogP contribution in [0.2, 0.25) is 0 Å². The van der Waals surface area contributed by atoms with Crippen LogP contribution in [0, 0.1) is 11.3 Å². The van der Waals surface area contributed by atoms with E-state index in [1.54, 1.807) is 13.0 Å². The van der Waals surface area contributed by atoms with Crippen LogP contribution >= 0.6 is 0 Å². The molecule has 0 aliphatic carbocycles. The van der Waals surface area contributed by atoms with Crippen molar-refractivity contribution in [1.82, 2.24) is 9.88 Å². The van der Waals surface area contributed by atoms with Crippen LogP contribution < -0.4 is 4.74 Å². The minimum absolute atomic E-state index is 0.247. The van der Waals surface area contributed by atoms with Crippen LogP contribution in [0.5, 0.6) is 5.88 Å². The van der Waals surface area contributed by atoms with Crippen LogP contribution in [-0.4, -0.2) is 33.4 Å². The minimum Gasteiger partial charge on any atom is -0.465 e. The molecular weight excluding hydrogens is 282 g/mol. The van der Waals surface area contributed by atoms with Gasteiger partial charge in [-0.2, -0.15) is 5.26 Å². The molecule has 2 aromatic rings. The van der Waals surface area contributed by atoms with E-state index >= 15 is 0 Å². The number of aromatic nitrogens is 1. The Morgan fingerprint density at radius 2 is 2.27 bits per heavy atom. The highest BCUT2D eigenvalue weighted by atomic mass is 16.5. The van der Waals surface area contributed by atoms with Gasteiger partial charge >= 0.3 is 6.09 Å². The van der Waals surface area contributed by atoms with E-state index in [4.69, 9.17) is 10.00 Å². The number of rotatable bonds is 2. The van der Waals surface area contributed by atoms with Crippen molar-refractivity contribution < 1.29 is 14.6 Å². The standard InChI is InChI=1S/C16H15N3O3/c1-16(7-4-8-19(16)15(20)21)22-14-13-6-3-2-5-11(13)9-12(10-17)18-14/h2-3,5-6,9H,4,7-8H2,1H3,(H,20,21). The lowest BCUT2D eigenvalue weighted by Crippen LogP contribution is -2.48. The van der Waals surface area contributed by atoms with Crippen molar-refractivity contribution in [3.8, 4) is 11.9 Å². The molecule has 6 nitrogen and oxygen atoms in total. The van der Waals surface area contributed by atoms with Gasteiger partial charge in [0.15, 0.2) is 5.72 Å². The summed E-state index contributed by atoms with van der Waals surface area (Å²) in [7, 11) is 0. The Bertz CT molecular complexity index is 784. The molecule has 1 amide bonds. The van der Waals surface area contributed by atoms with Gasteiger partial charge in [0.2, 0.25) is 5.88 Å². The number of nitrogens with zero attached hydrogens (tertiary/aromatic N) is 3. The van der Waals surface area contributed by atoms with Crippen molar-refractivity contribution in [2.45, 2.75) is 25.5 Å². The number of carbonyl (C=O) groups is 1. The first-order valence-electron chi connectivity index (χ1n) is 7.03. The van der Waals surface area contributed by atoms with Crippen LogP contribution in [0.3, 0.4) is 0 Å². The number of likely N-dealkylation sites (tertiary alicyclic amines) is 1. The minimum atomic E-state index is -1.01. The molecule has 1 N–H and O–H groups in total.